The van der Waals surface area contributed by atoms with Crippen molar-refractivity contribution >= 4 is 11.7 Å². The summed E-state index contributed by atoms with van der Waals surface area (Å²) in [5, 5.41) is 17.8. The Morgan fingerprint density at radius 1 is 0.867 bits per heavy atom. The van der Waals surface area contributed by atoms with Crippen molar-refractivity contribution in [2.24, 2.45) is 5.16 Å². The summed E-state index contributed by atoms with van der Waals surface area (Å²) in [6.45, 7) is 0.225. The third-order valence-electron chi connectivity index (χ3n) is 4.51. The Morgan fingerprint density at radius 3 is 2.20 bits per heavy atom. The second-order valence-electron chi connectivity index (χ2n) is 6.59. The molecule has 6 heteroatoms. The minimum Gasteiger partial charge on any atom is -0.478 e. The maximum atomic E-state index is 11.0. The van der Waals surface area contributed by atoms with Gasteiger partial charge in [0.25, 0.3) is 0 Å². The van der Waals surface area contributed by atoms with Gasteiger partial charge in [-0.3, -0.25) is 0 Å². The molecule has 4 rings (SSSR count). The average Bonchev–Trinajstić information content (AvgIpc) is 3.28. The predicted octanol–water partition coefficient (Wildman–Crippen LogP) is 4.54. The molecule has 0 unspecified atom stereocenters. The van der Waals surface area contributed by atoms with E-state index in [2.05, 4.69) is 10.3 Å². The van der Waals surface area contributed by atoms with Gasteiger partial charge in [0.2, 0.25) is 0 Å². The minimum atomic E-state index is -0.956. The molecule has 0 radical (unpaired) electrons. The predicted molar refractivity (Wildman–Crippen MR) is 114 cm³/mol. The Kier molecular flexibility index (Phi) is 5.66. The highest BCUT2D eigenvalue weighted by molar-refractivity contribution is 6.12. The van der Waals surface area contributed by atoms with Crippen LogP contribution < -0.4 is 0 Å². The van der Waals surface area contributed by atoms with Gasteiger partial charge >= 0.3 is 5.97 Å². The van der Waals surface area contributed by atoms with Gasteiger partial charge in [0.1, 0.15) is 12.3 Å². The first-order chi connectivity index (χ1) is 14.7. The molecule has 1 heterocycles. The SMILES string of the molecule is O=C(O)c1ccc(CO/N=C(\c2ccccc2)c2cnn(-c3ccccc3)c2)cc1. The molecule has 0 amide bonds. The van der Waals surface area contributed by atoms with Crippen LogP contribution in [0.3, 0.4) is 0 Å². The summed E-state index contributed by atoms with van der Waals surface area (Å²) in [6.07, 6.45) is 3.66. The van der Waals surface area contributed by atoms with Crippen LogP contribution in [0.5, 0.6) is 0 Å². The molecule has 0 spiro atoms. The molecule has 1 N–H and O–H groups in total. The highest BCUT2D eigenvalue weighted by Gasteiger charge is 2.11. The number of carbonyl (C=O) groups is 1. The minimum absolute atomic E-state index is 0.225. The van der Waals surface area contributed by atoms with E-state index in [1.165, 1.54) is 0 Å². The molecular weight excluding hydrogens is 378 g/mol. The van der Waals surface area contributed by atoms with Gasteiger partial charge in [-0.15, -0.1) is 0 Å². The molecule has 3 aromatic carbocycles. The lowest BCUT2D eigenvalue weighted by Crippen LogP contribution is -2.04. The normalized spacial score (nSPS) is 11.3. The lowest BCUT2D eigenvalue weighted by Gasteiger charge is -2.06. The van der Waals surface area contributed by atoms with Crippen LogP contribution in [-0.2, 0) is 11.4 Å². The molecule has 1 aromatic heterocycles. The van der Waals surface area contributed by atoms with E-state index in [9.17, 15) is 4.79 Å². The van der Waals surface area contributed by atoms with E-state index in [1.807, 2.05) is 66.9 Å². The molecule has 148 valence electrons. The second-order valence-corrected chi connectivity index (χ2v) is 6.59. The molecule has 0 atom stereocenters. The molecule has 6 nitrogen and oxygen atoms in total. The van der Waals surface area contributed by atoms with Crippen LogP contribution in [0.2, 0.25) is 0 Å². The van der Waals surface area contributed by atoms with Gasteiger partial charge < -0.3 is 9.94 Å². The van der Waals surface area contributed by atoms with Crippen LogP contribution in [0.25, 0.3) is 5.69 Å². The molecule has 0 aliphatic carbocycles. The lowest BCUT2D eigenvalue weighted by atomic mass is 10.1. The van der Waals surface area contributed by atoms with Crippen LogP contribution in [0.1, 0.15) is 27.0 Å². The lowest BCUT2D eigenvalue weighted by molar-refractivity contribution is 0.0696. The third-order valence-corrected chi connectivity index (χ3v) is 4.51. The Morgan fingerprint density at radius 2 is 1.53 bits per heavy atom. The molecule has 30 heavy (non-hydrogen) atoms. The largest absolute Gasteiger partial charge is 0.478 e. The Labute approximate surface area is 173 Å². The number of nitrogens with zero attached hydrogens (tertiary/aromatic N) is 3. The van der Waals surface area contributed by atoms with Crippen molar-refractivity contribution < 1.29 is 14.7 Å². The highest BCUT2D eigenvalue weighted by atomic mass is 16.6. The summed E-state index contributed by atoms with van der Waals surface area (Å²) in [4.78, 5) is 16.6. The van der Waals surface area contributed by atoms with Crippen LogP contribution >= 0.6 is 0 Å². The van der Waals surface area contributed by atoms with Gasteiger partial charge in [0, 0.05) is 17.3 Å². The number of para-hydroxylation sites is 1. The Balaban J connectivity index is 1.58. The van der Waals surface area contributed by atoms with Crippen molar-refractivity contribution in [3.05, 3.63) is 120 Å². The third kappa shape index (κ3) is 4.44. The molecule has 0 bridgehead atoms. The van der Waals surface area contributed by atoms with Crippen molar-refractivity contribution in [2.45, 2.75) is 6.61 Å². The van der Waals surface area contributed by atoms with Crippen LogP contribution in [0.4, 0.5) is 0 Å². The van der Waals surface area contributed by atoms with Crippen LogP contribution in [0, 0.1) is 0 Å². The number of carboxylic acids is 1. The van der Waals surface area contributed by atoms with Gasteiger partial charge in [-0.2, -0.15) is 5.10 Å². The summed E-state index contributed by atoms with van der Waals surface area (Å²) in [6, 6.07) is 26.1. The quantitative estimate of drug-likeness (QED) is 0.367. The highest BCUT2D eigenvalue weighted by Crippen LogP contribution is 2.14. The van der Waals surface area contributed by atoms with Gasteiger partial charge in [-0.05, 0) is 29.8 Å². The molecule has 0 saturated carbocycles. The van der Waals surface area contributed by atoms with Gasteiger partial charge in [-0.25, -0.2) is 9.48 Å². The van der Waals surface area contributed by atoms with E-state index in [1.54, 1.807) is 35.1 Å². The number of oxime groups is 1. The van der Waals surface area contributed by atoms with E-state index in [0.717, 1.165) is 22.4 Å². The summed E-state index contributed by atoms with van der Waals surface area (Å²) < 4.78 is 1.79. The fraction of sp³-hybridized carbons (Fsp3) is 0.0417. The summed E-state index contributed by atoms with van der Waals surface area (Å²) in [5.41, 5.74) is 4.42. The molecular formula is C24H19N3O3. The maximum Gasteiger partial charge on any atom is 0.335 e. The van der Waals surface area contributed by atoms with E-state index in [-0.39, 0.29) is 12.2 Å². The topological polar surface area (TPSA) is 76.7 Å². The summed E-state index contributed by atoms with van der Waals surface area (Å²) in [5.74, 6) is -0.956. The fourth-order valence-corrected chi connectivity index (χ4v) is 2.95. The number of aromatic nitrogens is 2. The first kappa shape index (κ1) is 19.1. The Hall–Kier alpha value is -4.19. The zero-order chi connectivity index (χ0) is 20.8. The monoisotopic (exact) mass is 397 g/mol. The van der Waals surface area contributed by atoms with Crippen molar-refractivity contribution in [1.29, 1.82) is 0 Å². The zero-order valence-corrected chi connectivity index (χ0v) is 16.1. The van der Waals surface area contributed by atoms with Crippen LogP contribution in [0.15, 0.2) is 102 Å². The average molecular weight is 397 g/mol. The molecule has 4 aromatic rings. The molecule has 0 saturated heterocycles. The number of hydrogen-bond acceptors (Lipinski definition) is 4. The van der Waals surface area contributed by atoms with Crippen molar-refractivity contribution in [1.82, 2.24) is 9.78 Å². The van der Waals surface area contributed by atoms with Crippen LogP contribution in [-0.4, -0.2) is 26.6 Å². The Bertz CT molecular complexity index is 1150. The number of benzene rings is 3. The smallest absolute Gasteiger partial charge is 0.335 e. The van der Waals surface area contributed by atoms with Gasteiger partial charge in [0.05, 0.1) is 17.4 Å². The number of rotatable bonds is 7. The molecule has 0 aliphatic heterocycles. The van der Waals surface area contributed by atoms with Crippen molar-refractivity contribution in [3.8, 4) is 5.69 Å². The van der Waals surface area contributed by atoms with E-state index in [4.69, 9.17) is 9.94 Å². The fourth-order valence-electron chi connectivity index (χ4n) is 2.95. The molecule has 0 aliphatic rings. The summed E-state index contributed by atoms with van der Waals surface area (Å²) >= 11 is 0. The number of hydrogen-bond donors (Lipinski definition) is 1. The summed E-state index contributed by atoms with van der Waals surface area (Å²) in [7, 11) is 0. The van der Waals surface area contributed by atoms with Gasteiger partial charge in [-0.1, -0.05) is 65.8 Å². The van der Waals surface area contributed by atoms with Gasteiger partial charge in [0.15, 0.2) is 0 Å². The van der Waals surface area contributed by atoms with E-state index >= 15 is 0 Å². The standard InChI is InChI=1S/C24H19N3O3/c28-24(29)20-13-11-18(12-14-20)17-30-26-23(19-7-3-1-4-8-19)21-15-25-27(16-21)22-9-5-2-6-10-22/h1-16H,17H2,(H,28,29)/b26-23+. The molecule has 0 fully saturated rings. The number of aromatic carboxylic acids is 1. The van der Waals surface area contributed by atoms with Crippen molar-refractivity contribution in [3.63, 3.8) is 0 Å². The first-order valence-corrected chi connectivity index (χ1v) is 9.39. The zero-order valence-electron chi connectivity index (χ0n) is 16.1. The van der Waals surface area contributed by atoms with E-state index < -0.39 is 5.97 Å². The van der Waals surface area contributed by atoms with Crippen molar-refractivity contribution in [2.75, 3.05) is 0 Å². The number of carboxylic acid groups (broad SMARTS) is 1. The maximum absolute atomic E-state index is 11.0. The first-order valence-electron chi connectivity index (χ1n) is 9.39. The second kappa shape index (κ2) is 8.87. The van der Waals surface area contributed by atoms with E-state index in [0.29, 0.717) is 5.71 Å².